The number of likely N-dealkylation sites (N-methyl/N-ethyl adjacent to an activating group) is 1. The molecule has 4 N–H and O–H groups in total. The van der Waals surface area contributed by atoms with E-state index >= 15 is 0 Å². The summed E-state index contributed by atoms with van der Waals surface area (Å²) in [5.41, 5.74) is 11.2. The maximum Gasteiger partial charge on any atom is 0.232 e. The lowest BCUT2D eigenvalue weighted by Crippen LogP contribution is -2.42. The lowest BCUT2D eigenvalue weighted by molar-refractivity contribution is -0.128. The average Bonchev–Trinajstić information content (AvgIpc) is 2.58. The summed E-state index contributed by atoms with van der Waals surface area (Å²) in [7, 11) is 1.72. The number of hydrogen-bond acceptors (Lipinski definition) is 8. The zero-order chi connectivity index (χ0) is 17.8. The van der Waals surface area contributed by atoms with Gasteiger partial charge in [-0.3, -0.25) is 4.79 Å². The van der Waals surface area contributed by atoms with E-state index in [0.29, 0.717) is 24.1 Å². The Labute approximate surface area is 149 Å². The molecule has 2 heterocycles. The highest BCUT2D eigenvalue weighted by Gasteiger charge is 2.23. The van der Waals surface area contributed by atoms with Crippen molar-refractivity contribution < 1.29 is 14.3 Å². The molecule has 1 atom stereocenters. The Bertz CT molecular complexity index is 753. The summed E-state index contributed by atoms with van der Waals surface area (Å²) >= 11 is 1.19. The third kappa shape index (κ3) is 4.44. The van der Waals surface area contributed by atoms with Gasteiger partial charge in [0.25, 0.3) is 0 Å². The lowest BCUT2D eigenvalue weighted by atomic mass is 10.2. The molecule has 1 aliphatic rings. The van der Waals surface area contributed by atoms with Crippen LogP contribution in [0.4, 0.5) is 11.6 Å². The number of thioether (sulfide) groups is 1. The third-order valence-corrected chi connectivity index (χ3v) is 4.37. The summed E-state index contributed by atoms with van der Waals surface area (Å²) in [6.45, 7) is 0.824. The summed E-state index contributed by atoms with van der Waals surface area (Å²) in [5, 5.41) is 0.380. The van der Waals surface area contributed by atoms with Crippen molar-refractivity contribution in [2.24, 2.45) is 0 Å². The maximum atomic E-state index is 12.3. The van der Waals surface area contributed by atoms with Crippen molar-refractivity contribution in [3.63, 3.8) is 0 Å². The first-order valence-corrected chi connectivity index (χ1v) is 8.65. The number of amides is 1. The van der Waals surface area contributed by atoms with Crippen LogP contribution in [0.25, 0.3) is 0 Å². The number of para-hydroxylation sites is 2. The van der Waals surface area contributed by atoms with Gasteiger partial charge in [0.1, 0.15) is 18.2 Å². The van der Waals surface area contributed by atoms with Crippen LogP contribution in [0.5, 0.6) is 11.5 Å². The smallest absolute Gasteiger partial charge is 0.232 e. The summed E-state index contributed by atoms with van der Waals surface area (Å²) < 4.78 is 11.5. The number of nitrogens with two attached hydrogens (primary N) is 2. The number of carbonyl (C=O) groups is 1. The number of fused-ring (bicyclic) bond motifs is 1. The molecule has 132 valence electrons. The molecular weight excluding hydrogens is 342 g/mol. The average molecular weight is 361 g/mol. The summed E-state index contributed by atoms with van der Waals surface area (Å²) in [4.78, 5) is 22.0. The van der Waals surface area contributed by atoms with E-state index in [-0.39, 0.29) is 29.4 Å². The molecule has 8 nitrogen and oxygen atoms in total. The quantitative estimate of drug-likeness (QED) is 0.599. The minimum absolute atomic E-state index is 0.0722. The molecule has 0 unspecified atom stereocenters. The van der Waals surface area contributed by atoms with Crippen LogP contribution in [0.3, 0.4) is 0 Å². The Morgan fingerprint density at radius 2 is 1.96 bits per heavy atom. The molecular formula is C16H19N5O3S. The largest absolute Gasteiger partial charge is 0.486 e. The first kappa shape index (κ1) is 17.2. The Kier molecular flexibility index (Phi) is 5.13. The number of nitrogens with zero attached hydrogens (tertiary/aromatic N) is 3. The minimum atomic E-state index is -0.215. The van der Waals surface area contributed by atoms with Crippen molar-refractivity contribution in [2.75, 3.05) is 37.4 Å². The highest BCUT2D eigenvalue weighted by atomic mass is 32.2. The number of rotatable bonds is 5. The number of nitrogen functional groups attached to an aromatic ring is 2. The molecule has 1 amide bonds. The topological polar surface area (TPSA) is 117 Å². The van der Waals surface area contributed by atoms with E-state index in [1.807, 2.05) is 24.3 Å². The molecule has 9 heteroatoms. The Hall–Kier alpha value is -2.68. The van der Waals surface area contributed by atoms with E-state index < -0.39 is 0 Å². The predicted octanol–water partition coefficient (Wildman–Crippen LogP) is 1.03. The van der Waals surface area contributed by atoms with E-state index in [1.165, 1.54) is 17.8 Å². The van der Waals surface area contributed by atoms with E-state index in [9.17, 15) is 4.79 Å². The number of hydrogen-bond donors (Lipinski definition) is 2. The van der Waals surface area contributed by atoms with Crippen LogP contribution < -0.4 is 20.9 Å². The molecule has 25 heavy (non-hydrogen) atoms. The van der Waals surface area contributed by atoms with E-state index in [2.05, 4.69) is 9.97 Å². The van der Waals surface area contributed by atoms with Gasteiger partial charge in [-0.2, -0.15) is 0 Å². The third-order valence-electron chi connectivity index (χ3n) is 3.54. The van der Waals surface area contributed by atoms with Gasteiger partial charge in [-0.1, -0.05) is 23.9 Å². The normalized spacial score (nSPS) is 15.6. The molecule has 1 aromatic heterocycles. The van der Waals surface area contributed by atoms with Gasteiger partial charge in [0.05, 0.1) is 12.3 Å². The highest BCUT2D eigenvalue weighted by Crippen LogP contribution is 2.31. The van der Waals surface area contributed by atoms with Crippen LogP contribution in [0.2, 0.25) is 0 Å². The van der Waals surface area contributed by atoms with Gasteiger partial charge in [0.15, 0.2) is 22.8 Å². The molecule has 1 aliphatic heterocycles. The van der Waals surface area contributed by atoms with Crippen molar-refractivity contribution in [3.8, 4) is 11.5 Å². The van der Waals surface area contributed by atoms with Crippen LogP contribution in [-0.2, 0) is 4.79 Å². The standard InChI is InChI=1S/C16H19N5O3S/c1-21(7-10-8-23-11-4-2-3-5-12(11)24-10)15(22)9-25-16-19-13(17)6-14(18)20-16/h2-6,10H,7-9H2,1H3,(H4,17,18,19,20)/t10-/m1/s1. The van der Waals surface area contributed by atoms with Gasteiger partial charge in [0.2, 0.25) is 5.91 Å². The fourth-order valence-electron chi connectivity index (χ4n) is 2.32. The molecule has 0 aliphatic carbocycles. The van der Waals surface area contributed by atoms with Crippen molar-refractivity contribution >= 4 is 29.3 Å². The number of carbonyl (C=O) groups excluding carboxylic acids is 1. The van der Waals surface area contributed by atoms with Crippen molar-refractivity contribution in [1.29, 1.82) is 0 Å². The van der Waals surface area contributed by atoms with Crippen LogP contribution in [0.1, 0.15) is 0 Å². The second-order valence-electron chi connectivity index (χ2n) is 5.56. The molecule has 0 saturated heterocycles. The summed E-state index contributed by atoms with van der Waals surface area (Å²) in [6.07, 6.45) is -0.215. The van der Waals surface area contributed by atoms with Gasteiger partial charge in [0, 0.05) is 13.1 Å². The molecule has 3 rings (SSSR count). The SMILES string of the molecule is CN(C[C@@H]1COc2ccccc2O1)C(=O)CSc1nc(N)cc(N)n1. The van der Waals surface area contributed by atoms with E-state index in [1.54, 1.807) is 11.9 Å². The Morgan fingerprint density at radius 3 is 2.68 bits per heavy atom. The summed E-state index contributed by atoms with van der Waals surface area (Å²) in [6, 6.07) is 8.94. The maximum absolute atomic E-state index is 12.3. The van der Waals surface area contributed by atoms with Gasteiger partial charge >= 0.3 is 0 Å². The zero-order valence-corrected chi connectivity index (χ0v) is 14.5. The zero-order valence-electron chi connectivity index (χ0n) is 13.7. The van der Waals surface area contributed by atoms with Gasteiger partial charge in [-0.15, -0.1) is 0 Å². The van der Waals surface area contributed by atoms with Gasteiger partial charge in [-0.05, 0) is 12.1 Å². The molecule has 0 spiro atoms. The number of benzene rings is 1. The molecule has 2 aromatic rings. The second kappa shape index (κ2) is 7.47. The molecule has 0 bridgehead atoms. The highest BCUT2D eigenvalue weighted by molar-refractivity contribution is 7.99. The van der Waals surface area contributed by atoms with Gasteiger partial charge < -0.3 is 25.8 Å². The first-order valence-electron chi connectivity index (χ1n) is 7.66. The summed E-state index contributed by atoms with van der Waals surface area (Å²) in [5.74, 6) is 2.09. The molecule has 0 radical (unpaired) electrons. The molecule has 1 aromatic carbocycles. The van der Waals surface area contributed by atoms with Gasteiger partial charge in [-0.25, -0.2) is 9.97 Å². The van der Waals surface area contributed by atoms with E-state index in [0.717, 1.165) is 5.75 Å². The fourth-order valence-corrected chi connectivity index (χ4v) is 3.14. The first-order chi connectivity index (χ1) is 12.0. The number of ether oxygens (including phenoxy) is 2. The van der Waals surface area contributed by atoms with Crippen LogP contribution in [-0.4, -0.2) is 52.8 Å². The van der Waals surface area contributed by atoms with Crippen LogP contribution in [0, 0.1) is 0 Å². The van der Waals surface area contributed by atoms with Crippen LogP contribution >= 0.6 is 11.8 Å². The van der Waals surface area contributed by atoms with Crippen molar-refractivity contribution in [2.45, 2.75) is 11.3 Å². The second-order valence-corrected chi connectivity index (χ2v) is 6.50. The van der Waals surface area contributed by atoms with Crippen molar-refractivity contribution in [3.05, 3.63) is 30.3 Å². The number of aromatic nitrogens is 2. The Balaban J connectivity index is 1.51. The fraction of sp³-hybridized carbons (Fsp3) is 0.312. The Morgan fingerprint density at radius 1 is 1.28 bits per heavy atom. The van der Waals surface area contributed by atoms with E-state index in [4.69, 9.17) is 20.9 Å². The number of anilines is 2. The molecule has 0 saturated carbocycles. The van der Waals surface area contributed by atoms with Crippen LogP contribution in [0.15, 0.2) is 35.5 Å². The lowest BCUT2D eigenvalue weighted by Gasteiger charge is -2.29. The molecule has 0 fully saturated rings. The minimum Gasteiger partial charge on any atom is -0.486 e. The predicted molar refractivity (Wildman–Crippen MR) is 95.6 cm³/mol. The van der Waals surface area contributed by atoms with Crippen molar-refractivity contribution in [1.82, 2.24) is 14.9 Å². The monoisotopic (exact) mass is 361 g/mol.